The first-order valence-corrected chi connectivity index (χ1v) is 8.45. The maximum Gasteiger partial charge on any atom is 0.248 e. The van der Waals surface area contributed by atoms with Gasteiger partial charge in [-0.3, -0.25) is 4.79 Å². The summed E-state index contributed by atoms with van der Waals surface area (Å²) in [7, 11) is 0. The number of carbonyl (C=O) groups is 1. The van der Waals surface area contributed by atoms with Gasteiger partial charge in [-0.15, -0.1) is 10.2 Å². The first-order chi connectivity index (χ1) is 11.1. The number of hydrogen-bond acceptors (Lipinski definition) is 5. The van der Waals surface area contributed by atoms with Crippen molar-refractivity contribution in [3.63, 3.8) is 0 Å². The lowest BCUT2D eigenvalue weighted by atomic mass is 10.2. The Bertz CT molecular complexity index is 820. The van der Waals surface area contributed by atoms with Gasteiger partial charge in [0.25, 0.3) is 0 Å². The average molecular weight is 396 g/mol. The number of hydrogen-bond donors (Lipinski definition) is 1. The Kier molecular flexibility index (Phi) is 4.82. The van der Waals surface area contributed by atoms with E-state index in [0.717, 1.165) is 5.56 Å². The van der Waals surface area contributed by atoms with Crippen LogP contribution in [0.25, 0.3) is 11.5 Å². The fraction of sp³-hybridized carbons (Fsp3) is 0.133. The standard InChI is InChI=1S/C15H11BrFN3O2S/c16-10-1-2-12(11(17)7-10)18-13(21)3-4-14-19-20-15(22-14)9-5-6-23-8-9/h1-2,5-8H,3-4H2,(H,18,21). The van der Waals surface area contributed by atoms with E-state index in [0.29, 0.717) is 22.7 Å². The number of thiophene rings is 1. The lowest BCUT2D eigenvalue weighted by Gasteiger charge is -2.05. The van der Waals surface area contributed by atoms with Gasteiger partial charge in [-0.2, -0.15) is 11.3 Å². The Hall–Kier alpha value is -2.06. The van der Waals surface area contributed by atoms with Crippen molar-refractivity contribution in [3.8, 4) is 11.5 Å². The summed E-state index contributed by atoms with van der Waals surface area (Å²) in [6, 6.07) is 6.33. The van der Waals surface area contributed by atoms with Gasteiger partial charge in [0.15, 0.2) is 0 Å². The minimum atomic E-state index is -0.495. The third-order valence-electron chi connectivity index (χ3n) is 3.01. The predicted octanol–water partition coefficient (Wildman–Crippen LogP) is 4.27. The lowest BCUT2D eigenvalue weighted by molar-refractivity contribution is -0.116. The fourth-order valence-electron chi connectivity index (χ4n) is 1.88. The fourth-order valence-corrected chi connectivity index (χ4v) is 2.84. The number of aryl methyl sites for hydroxylation is 1. The second-order valence-corrected chi connectivity index (χ2v) is 6.38. The Morgan fingerprint density at radius 3 is 2.96 bits per heavy atom. The van der Waals surface area contributed by atoms with Crippen molar-refractivity contribution in [2.45, 2.75) is 12.8 Å². The van der Waals surface area contributed by atoms with Crippen molar-refractivity contribution in [2.24, 2.45) is 0 Å². The molecule has 2 aromatic heterocycles. The summed E-state index contributed by atoms with van der Waals surface area (Å²) in [6.45, 7) is 0. The molecule has 8 heteroatoms. The predicted molar refractivity (Wildman–Crippen MR) is 88.7 cm³/mol. The highest BCUT2D eigenvalue weighted by atomic mass is 79.9. The molecule has 0 spiro atoms. The van der Waals surface area contributed by atoms with E-state index >= 15 is 0 Å². The summed E-state index contributed by atoms with van der Waals surface area (Å²) in [6.07, 6.45) is 0.419. The lowest BCUT2D eigenvalue weighted by Crippen LogP contribution is -2.13. The number of anilines is 1. The van der Waals surface area contributed by atoms with E-state index < -0.39 is 5.82 Å². The monoisotopic (exact) mass is 395 g/mol. The molecule has 3 aromatic rings. The van der Waals surface area contributed by atoms with Crippen LogP contribution in [0.1, 0.15) is 12.3 Å². The molecule has 0 bridgehead atoms. The highest BCUT2D eigenvalue weighted by Crippen LogP contribution is 2.21. The Labute approximate surface area is 143 Å². The molecule has 5 nitrogen and oxygen atoms in total. The van der Waals surface area contributed by atoms with Crippen LogP contribution in [-0.2, 0) is 11.2 Å². The van der Waals surface area contributed by atoms with Crippen LogP contribution < -0.4 is 5.32 Å². The largest absolute Gasteiger partial charge is 0.421 e. The maximum atomic E-state index is 13.6. The minimum absolute atomic E-state index is 0.126. The molecule has 0 aliphatic carbocycles. The number of aromatic nitrogens is 2. The zero-order chi connectivity index (χ0) is 16.2. The molecule has 0 aliphatic heterocycles. The molecule has 2 heterocycles. The van der Waals surface area contributed by atoms with Gasteiger partial charge in [0.2, 0.25) is 17.7 Å². The molecular formula is C15H11BrFN3O2S. The van der Waals surface area contributed by atoms with Crippen LogP contribution in [0.2, 0.25) is 0 Å². The zero-order valence-corrected chi connectivity index (χ0v) is 14.2. The van der Waals surface area contributed by atoms with Crippen LogP contribution in [0.5, 0.6) is 0 Å². The first-order valence-electron chi connectivity index (χ1n) is 6.71. The van der Waals surface area contributed by atoms with E-state index in [4.69, 9.17) is 4.42 Å². The molecule has 0 unspecified atom stereocenters. The summed E-state index contributed by atoms with van der Waals surface area (Å²) in [4.78, 5) is 11.9. The van der Waals surface area contributed by atoms with Crippen LogP contribution in [0, 0.1) is 5.82 Å². The SMILES string of the molecule is O=C(CCc1nnc(-c2ccsc2)o1)Nc1ccc(Br)cc1F. The van der Waals surface area contributed by atoms with Crippen molar-refractivity contribution in [1.29, 1.82) is 0 Å². The normalized spacial score (nSPS) is 10.7. The second-order valence-electron chi connectivity index (χ2n) is 4.69. The third kappa shape index (κ3) is 4.02. The number of amides is 1. The van der Waals surface area contributed by atoms with Crippen molar-refractivity contribution < 1.29 is 13.6 Å². The number of nitrogens with one attached hydrogen (secondary N) is 1. The van der Waals surface area contributed by atoms with E-state index in [-0.39, 0.29) is 18.0 Å². The van der Waals surface area contributed by atoms with Gasteiger partial charge in [0.05, 0.1) is 5.69 Å². The number of halogens is 2. The van der Waals surface area contributed by atoms with Gasteiger partial charge in [0.1, 0.15) is 5.82 Å². The molecule has 0 saturated carbocycles. The molecule has 1 aromatic carbocycles. The van der Waals surface area contributed by atoms with Gasteiger partial charge < -0.3 is 9.73 Å². The van der Waals surface area contributed by atoms with Gasteiger partial charge in [0, 0.05) is 28.3 Å². The van der Waals surface area contributed by atoms with Crippen LogP contribution in [0.4, 0.5) is 10.1 Å². The van der Waals surface area contributed by atoms with E-state index in [1.54, 1.807) is 6.07 Å². The number of nitrogens with zero attached hydrogens (tertiary/aromatic N) is 2. The van der Waals surface area contributed by atoms with E-state index in [9.17, 15) is 9.18 Å². The van der Waals surface area contributed by atoms with E-state index in [2.05, 4.69) is 31.4 Å². The van der Waals surface area contributed by atoms with Gasteiger partial charge in [-0.25, -0.2) is 4.39 Å². The summed E-state index contributed by atoms with van der Waals surface area (Å²) < 4.78 is 19.8. The molecule has 1 amide bonds. The topological polar surface area (TPSA) is 68.0 Å². The van der Waals surface area contributed by atoms with Gasteiger partial charge in [-0.1, -0.05) is 15.9 Å². The molecule has 1 N–H and O–H groups in total. The van der Waals surface area contributed by atoms with Crippen molar-refractivity contribution in [3.05, 3.63) is 51.2 Å². The number of rotatable bonds is 5. The summed E-state index contributed by atoms with van der Waals surface area (Å²) in [5, 5.41) is 14.2. The van der Waals surface area contributed by atoms with Gasteiger partial charge >= 0.3 is 0 Å². The smallest absolute Gasteiger partial charge is 0.248 e. The molecular weight excluding hydrogens is 385 g/mol. The van der Waals surface area contributed by atoms with Crippen LogP contribution in [0.3, 0.4) is 0 Å². The highest BCUT2D eigenvalue weighted by molar-refractivity contribution is 9.10. The van der Waals surface area contributed by atoms with Crippen molar-refractivity contribution in [1.82, 2.24) is 10.2 Å². The number of carbonyl (C=O) groups excluding carboxylic acids is 1. The Morgan fingerprint density at radius 2 is 2.22 bits per heavy atom. The quantitative estimate of drug-likeness (QED) is 0.700. The Balaban J connectivity index is 1.57. The van der Waals surface area contributed by atoms with Crippen LogP contribution in [-0.4, -0.2) is 16.1 Å². The molecule has 0 aliphatic rings. The average Bonchev–Trinajstić information content (AvgIpc) is 3.18. The van der Waals surface area contributed by atoms with Crippen molar-refractivity contribution >= 4 is 38.9 Å². The zero-order valence-electron chi connectivity index (χ0n) is 11.8. The second kappa shape index (κ2) is 7.01. The molecule has 118 valence electrons. The van der Waals surface area contributed by atoms with Crippen LogP contribution in [0.15, 0.2) is 43.9 Å². The minimum Gasteiger partial charge on any atom is -0.421 e. The highest BCUT2D eigenvalue weighted by Gasteiger charge is 2.12. The molecule has 0 radical (unpaired) electrons. The van der Waals surface area contributed by atoms with Crippen molar-refractivity contribution in [2.75, 3.05) is 5.32 Å². The van der Waals surface area contributed by atoms with Gasteiger partial charge in [-0.05, 0) is 29.6 Å². The Morgan fingerprint density at radius 1 is 1.35 bits per heavy atom. The molecule has 0 fully saturated rings. The molecule has 3 rings (SSSR count). The van der Waals surface area contributed by atoms with E-state index in [1.165, 1.54) is 23.5 Å². The van der Waals surface area contributed by atoms with E-state index in [1.807, 2.05) is 16.8 Å². The van der Waals surface area contributed by atoms with Crippen LogP contribution >= 0.6 is 27.3 Å². The first kappa shape index (κ1) is 15.8. The number of benzene rings is 1. The third-order valence-corrected chi connectivity index (χ3v) is 4.18. The summed E-state index contributed by atoms with van der Waals surface area (Å²) in [5.41, 5.74) is 0.998. The maximum absolute atomic E-state index is 13.6. The summed E-state index contributed by atoms with van der Waals surface area (Å²) >= 11 is 4.70. The molecule has 23 heavy (non-hydrogen) atoms. The molecule has 0 saturated heterocycles. The molecule has 0 atom stereocenters. The summed E-state index contributed by atoms with van der Waals surface area (Å²) in [5.74, 6) is -0.00925.